The minimum absolute atomic E-state index is 0.196. The Morgan fingerprint density at radius 2 is 1.94 bits per heavy atom. The quantitative estimate of drug-likeness (QED) is 0.763. The Bertz CT molecular complexity index is 416. The molecule has 0 aliphatic rings. The second kappa shape index (κ2) is 4.09. The van der Waals surface area contributed by atoms with Crippen molar-refractivity contribution in [1.82, 2.24) is 0 Å². The molecule has 0 aliphatic carbocycles. The first-order valence-corrected chi connectivity index (χ1v) is 4.07. The number of hydrogen-bond donors (Lipinski definition) is 2. The fraction of sp³-hybridized carbons (Fsp3) is 0.222. The molecule has 0 spiro atoms. The van der Waals surface area contributed by atoms with E-state index in [-0.39, 0.29) is 6.07 Å². The normalized spacial score (nSPS) is 13.6. The van der Waals surface area contributed by atoms with Crippen LogP contribution in [0.2, 0.25) is 0 Å². The molecule has 0 fully saturated rings. The average molecular weight is 237 g/mol. The van der Waals surface area contributed by atoms with Crippen LogP contribution in [0.25, 0.3) is 0 Å². The van der Waals surface area contributed by atoms with Crippen molar-refractivity contribution in [2.45, 2.75) is 12.3 Å². The van der Waals surface area contributed by atoms with Crippen LogP contribution in [-0.4, -0.2) is 11.0 Å². The molecule has 88 valence electrons. The second-order valence-electron chi connectivity index (χ2n) is 3.03. The summed E-state index contributed by atoms with van der Waals surface area (Å²) in [4.78, 5) is 10.6. The number of benzene rings is 1. The van der Waals surface area contributed by atoms with E-state index in [1.54, 1.807) is 0 Å². The standard InChI is InChI=1S/C9H7F4NO2/c10-4-1-2-5(7(15)8(14)16)6(3-4)9(11,12)13/h1-3,7,15H,(H2,14,16)/t7-/m1/s1. The van der Waals surface area contributed by atoms with Crippen LogP contribution >= 0.6 is 0 Å². The molecule has 0 unspecified atom stereocenters. The predicted molar refractivity (Wildman–Crippen MR) is 45.6 cm³/mol. The molecule has 1 aromatic carbocycles. The summed E-state index contributed by atoms with van der Waals surface area (Å²) in [5, 5.41) is 9.14. The van der Waals surface area contributed by atoms with E-state index in [4.69, 9.17) is 5.11 Å². The van der Waals surface area contributed by atoms with Gasteiger partial charge in [-0.2, -0.15) is 13.2 Å². The summed E-state index contributed by atoms with van der Waals surface area (Å²) in [6.07, 6.45) is -6.98. The Morgan fingerprint density at radius 3 is 2.38 bits per heavy atom. The van der Waals surface area contributed by atoms with Crippen molar-refractivity contribution >= 4 is 5.91 Å². The van der Waals surface area contributed by atoms with Gasteiger partial charge in [-0.05, 0) is 12.1 Å². The molecule has 7 heteroatoms. The molecule has 1 rings (SSSR count). The van der Waals surface area contributed by atoms with Crippen LogP contribution in [-0.2, 0) is 11.0 Å². The van der Waals surface area contributed by atoms with Gasteiger partial charge in [0.1, 0.15) is 5.82 Å². The molecular formula is C9H7F4NO2. The van der Waals surface area contributed by atoms with Crippen LogP contribution in [0.15, 0.2) is 18.2 Å². The monoisotopic (exact) mass is 237 g/mol. The second-order valence-corrected chi connectivity index (χ2v) is 3.03. The molecule has 0 saturated carbocycles. The predicted octanol–water partition coefficient (Wildman–Crippen LogP) is 1.36. The molecule has 0 radical (unpaired) electrons. The van der Waals surface area contributed by atoms with Gasteiger partial charge in [0.25, 0.3) is 5.91 Å². The van der Waals surface area contributed by atoms with Crippen LogP contribution in [0.3, 0.4) is 0 Å². The largest absolute Gasteiger partial charge is 0.416 e. The van der Waals surface area contributed by atoms with E-state index >= 15 is 0 Å². The Kier molecular flexibility index (Phi) is 3.18. The molecule has 0 aromatic heterocycles. The van der Waals surface area contributed by atoms with Crippen molar-refractivity contribution < 1.29 is 27.5 Å². The number of rotatable bonds is 2. The van der Waals surface area contributed by atoms with Gasteiger partial charge in [0.15, 0.2) is 6.10 Å². The molecule has 16 heavy (non-hydrogen) atoms. The lowest BCUT2D eigenvalue weighted by Gasteiger charge is -2.15. The third-order valence-corrected chi connectivity index (χ3v) is 1.88. The van der Waals surface area contributed by atoms with Crippen molar-refractivity contribution in [3.05, 3.63) is 35.1 Å². The third kappa shape index (κ3) is 2.48. The maximum Gasteiger partial charge on any atom is 0.416 e. The minimum atomic E-state index is -4.87. The zero-order valence-corrected chi connectivity index (χ0v) is 7.75. The number of aliphatic hydroxyl groups is 1. The number of amides is 1. The van der Waals surface area contributed by atoms with Crippen LogP contribution in [0.1, 0.15) is 17.2 Å². The molecule has 1 atom stereocenters. The number of nitrogens with two attached hydrogens (primary N) is 1. The summed E-state index contributed by atoms with van der Waals surface area (Å²) in [7, 11) is 0. The summed E-state index contributed by atoms with van der Waals surface area (Å²) in [5.41, 5.74) is 2.49. The minimum Gasteiger partial charge on any atom is -0.378 e. The lowest BCUT2D eigenvalue weighted by Crippen LogP contribution is -2.24. The van der Waals surface area contributed by atoms with Crippen LogP contribution in [0.5, 0.6) is 0 Å². The molecular weight excluding hydrogens is 230 g/mol. The van der Waals surface area contributed by atoms with E-state index in [0.717, 1.165) is 0 Å². The van der Waals surface area contributed by atoms with Crippen molar-refractivity contribution in [2.24, 2.45) is 5.73 Å². The topological polar surface area (TPSA) is 63.3 Å². The molecule has 1 aromatic rings. The third-order valence-electron chi connectivity index (χ3n) is 1.88. The first-order chi connectivity index (χ1) is 7.23. The van der Waals surface area contributed by atoms with Gasteiger partial charge in [0, 0.05) is 5.56 Å². The van der Waals surface area contributed by atoms with E-state index in [9.17, 15) is 22.4 Å². The Hall–Kier alpha value is -1.63. The van der Waals surface area contributed by atoms with Gasteiger partial charge in [-0.15, -0.1) is 0 Å². The molecule has 0 aliphatic heterocycles. The van der Waals surface area contributed by atoms with Gasteiger partial charge in [0.2, 0.25) is 0 Å². The fourth-order valence-electron chi connectivity index (χ4n) is 1.17. The Morgan fingerprint density at radius 1 is 1.38 bits per heavy atom. The summed E-state index contributed by atoms with van der Waals surface area (Å²) in [6.45, 7) is 0. The smallest absolute Gasteiger partial charge is 0.378 e. The van der Waals surface area contributed by atoms with Crippen molar-refractivity contribution in [3.8, 4) is 0 Å². The summed E-state index contributed by atoms with van der Waals surface area (Å²) in [6, 6.07) is 1.58. The first kappa shape index (κ1) is 12.4. The van der Waals surface area contributed by atoms with Gasteiger partial charge in [-0.3, -0.25) is 4.79 Å². The highest BCUT2D eigenvalue weighted by Gasteiger charge is 2.36. The number of aliphatic hydroxyl groups excluding tert-OH is 1. The van der Waals surface area contributed by atoms with Crippen LogP contribution in [0, 0.1) is 5.82 Å². The van der Waals surface area contributed by atoms with E-state index in [2.05, 4.69) is 5.73 Å². The molecule has 0 heterocycles. The summed E-state index contributed by atoms with van der Waals surface area (Å²) >= 11 is 0. The molecule has 3 nitrogen and oxygen atoms in total. The molecule has 0 bridgehead atoms. The first-order valence-electron chi connectivity index (χ1n) is 4.07. The summed E-state index contributed by atoms with van der Waals surface area (Å²) < 4.78 is 49.9. The number of primary amides is 1. The molecule has 3 N–H and O–H groups in total. The zero-order chi connectivity index (χ0) is 12.5. The highest BCUT2D eigenvalue weighted by molar-refractivity contribution is 5.80. The maximum absolute atomic E-state index is 12.6. The van der Waals surface area contributed by atoms with Crippen molar-refractivity contribution in [1.29, 1.82) is 0 Å². The van der Waals surface area contributed by atoms with E-state index in [1.807, 2.05) is 0 Å². The average Bonchev–Trinajstić information content (AvgIpc) is 2.15. The van der Waals surface area contributed by atoms with E-state index in [1.165, 1.54) is 0 Å². The fourth-order valence-corrected chi connectivity index (χ4v) is 1.17. The maximum atomic E-state index is 12.6. The highest BCUT2D eigenvalue weighted by atomic mass is 19.4. The number of carbonyl (C=O) groups excluding carboxylic acids is 1. The number of alkyl halides is 3. The Labute approximate surface area is 87.5 Å². The van der Waals surface area contributed by atoms with Gasteiger partial charge >= 0.3 is 6.18 Å². The van der Waals surface area contributed by atoms with Crippen molar-refractivity contribution in [3.63, 3.8) is 0 Å². The van der Waals surface area contributed by atoms with Crippen LogP contribution in [0.4, 0.5) is 17.6 Å². The lowest BCUT2D eigenvalue weighted by atomic mass is 10.0. The van der Waals surface area contributed by atoms with Crippen molar-refractivity contribution in [2.75, 3.05) is 0 Å². The Balaban J connectivity index is 3.34. The van der Waals surface area contributed by atoms with E-state index in [0.29, 0.717) is 12.1 Å². The highest BCUT2D eigenvalue weighted by Crippen LogP contribution is 2.35. The van der Waals surface area contributed by atoms with Gasteiger partial charge in [-0.25, -0.2) is 4.39 Å². The summed E-state index contributed by atoms with van der Waals surface area (Å²) in [5.74, 6) is -2.45. The number of halogens is 4. The van der Waals surface area contributed by atoms with Crippen LogP contribution < -0.4 is 5.73 Å². The van der Waals surface area contributed by atoms with Gasteiger partial charge in [-0.1, -0.05) is 6.07 Å². The molecule has 1 amide bonds. The number of hydrogen-bond acceptors (Lipinski definition) is 2. The molecule has 0 saturated heterocycles. The van der Waals surface area contributed by atoms with Gasteiger partial charge < -0.3 is 10.8 Å². The zero-order valence-electron chi connectivity index (χ0n) is 7.75. The SMILES string of the molecule is NC(=O)[C@H](O)c1ccc(F)cc1C(F)(F)F. The lowest BCUT2D eigenvalue weighted by molar-refractivity contribution is -0.140. The number of carbonyl (C=O) groups is 1. The van der Waals surface area contributed by atoms with E-state index < -0.39 is 35.1 Å². The van der Waals surface area contributed by atoms with Gasteiger partial charge in [0.05, 0.1) is 5.56 Å².